The predicted molar refractivity (Wildman–Crippen MR) is 75.3 cm³/mol. The molecule has 17 heavy (non-hydrogen) atoms. The van der Waals surface area contributed by atoms with Gasteiger partial charge in [-0.05, 0) is 41.2 Å². The summed E-state index contributed by atoms with van der Waals surface area (Å²) >= 11 is 0. The first-order valence-electron chi connectivity index (χ1n) is 5.61. The van der Waals surface area contributed by atoms with Crippen molar-refractivity contribution >= 4 is 10.0 Å². The summed E-state index contributed by atoms with van der Waals surface area (Å²) in [7, 11) is -0.799. The van der Waals surface area contributed by atoms with E-state index in [1.165, 1.54) is 0 Å². The second kappa shape index (κ2) is 6.11. The van der Waals surface area contributed by atoms with Gasteiger partial charge in [-0.1, -0.05) is 25.0 Å². The summed E-state index contributed by atoms with van der Waals surface area (Å²) < 4.78 is 0. The first-order chi connectivity index (χ1) is 7.98. The maximum Gasteiger partial charge on any atom is 0.102 e. The number of hydrogen-bond acceptors (Lipinski definition) is 2. The van der Waals surface area contributed by atoms with Crippen LogP contribution in [0.4, 0.5) is 0 Å². The van der Waals surface area contributed by atoms with Crippen molar-refractivity contribution in [2.75, 3.05) is 24.9 Å². The van der Waals surface area contributed by atoms with Gasteiger partial charge in [0.15, 0.2) is 0 Å². The maximum absolute atomic E-state index is 9.44. The number of benzene rings is 1. The van der Waals surface area contributed by atoms with E-state index in [2.05, 4.69) is 30.6 Å². The Morgan fingerprint density at radius 3 is 2.29 bits per heavy atom. The maximum atomic E-state index is 9.44. The molecule has 1 rings (SSSR count). The molecule has 2 nitrogen and oxygen atoms in total. The van der Waals surface area contributed by atoms with Gasteiger partial charge in [0.1, 0.15) is 6.10 Å². The van der Waals surface area contributed by atoms with E-state index in [-0.39, 0.29) is 6.61 Å². The van der Waals surface area contributed by atoms with Crippen molar-refractivity contribution in [1.82, 2.24) is 0 Å². The van der Waals surface area contributed by atoms with Gasteiger partial charge >= 0.3 is 0 Å². The van der Waals surface area contributed by atoms with Crippen LogP contribution in [0.2, 0.25) is 0 Å². The highest BCUT2D eigenvalue weighted by atomic mass is 32.3. The van der Waals surface area contributed by atoms with Gasteiger partial charge in [-0.25, -0.2) is 0 Å². The summed E-state index contributed by atoms with van der Waals surface area (Å²) in [5.41, 5.74) is 1.67. The third-order valence-corrected chi connectivity index (χ3v) is 4.76. The standard InChI is InChI=1S/C14H20O2S/c1-4-17(2,3)10-9-12-5-7-13(8-6-12)14(16)11-15/h5-8,14-16H,4,11H2,1-3H3/t14-/m1/s1. The molecular weight excluding hydrogens is 232 g/mol. The van der Waals surface area contributed by atoms with Gasteiger partial charge in [0.25, 0.3) is 0 Å². The van der Waals surface area contributed by atoms with E-state index in [0.29, 0.717) is 0 Å². The van der Waals surface area contributed by atoms with Crippen LogP contribution < -0.4 is 0 Å². The van der Waals surface area contributed by atoms with Crippen LogP contribution in [0.5, 0.6) is 0 Å². The Morgan fingerprint density at radius 2 is 1.82 bits per heavy atom. The van der Waals surface area contributed by atoms with Crippen LogP contribution in [-0.2, 0) is 0 Å². The van der Waals surface area contributed by atoms with Crippen LogP contribution in [0.15, 0.2) is 24.3 Å². The molecule has 0 amide bonds. The van der Waals surface area contributed by atoms with Crippen LogP contribution in [-0.4, -0.2) is 35.1 Å². The summed E-state index contributed by atoms with van der Waals surface area (Å²) in [6, 6.07) is 7.37. The van der Waals surface area contributed by atoms with Crippen molar-refractivity contribution in [2.24, 2.45) is 0 Å². The van der Waals surface area contributed by atoms with E-state index in [4.69, 9.17) is 5.11 Å². The Morgan fingerprint density at radius 1 is 1.24 bits per heavy atom. The largest absolute Gasteiger partial charge is 0.393 e. The van der Waals surface area contributed by atoms with E-state index in [9.17, 15) is 5.11 Å². The molecule has 0 bridgehead atoms. The van der Waals surface area contributed by atoms with Gasteiger partial charge in [-0.3, -0.25) is 0 Å². The Labute approximate surface area is 105 Å². The molecule has 0 saturated carbocycles. The summed E-state index contributed by atoms with van der Waals surface area (Å²) in [5, 5.41) is 21.6. The van der Waals surface area contributed by atoms with Crippen LogP contribution in [0.25, 0.3) is 0 Å². The fourth-order valence-electron chi connectivity index (χ4n) is 1.16. The fourth-order valence-corrected chi connectivity index (χ4v) is 1.70. The molecule has 94 valence electrons. The third kappa shape index (κ3) is 4.43. The molecule has 2 N–H and O–H groups in total. The van der Waals surface area contributed by atoms with Crippen molar-refractivity contribution < 1.29 is 10.2 Å². The van der Waals surface area contributed by atoms with E-state index >= 15 is 0 Å². The normalized spacial score (nSPS) is 13.7. The molecule has 0 aliphatic rings. The fraction of sp³-hybridized carbons (Fsp3) is 0.429. The molecule has 0 unspecified atom stereocenters. The van der Waals surface area contributed by atoms with Gasteiger partial charge in [0.2, 0.25) is 0 Å². The highest BCUT2D eigenvalue weighted by molar-refractivity contribution is 8.36. The molecule has 1 aromatic rings. The minimum atomic E-state index is -0.799. The van der Waals surface area contributed by atoms with E-state index in [1.807, 2.05) is 12.1 Å². The lowest BCUT2D eigenvalue weighted by molar-refractivity contribution is 0.0956. The van der Waals surface area contributed by atoms with Crippen molar-refractivity contribution in [1.29, 1.82) is 0 Å². The van der Waals surface area contributed by atoms with Gasteiger partial charge in [0, 0.05) is 5.56 Å². The van der Waals surface area contributed by atoms with Crippen molar-refractivity contribution in [3.8, 4) is 11.2 Å². The van der Waals surface area contributed by atoms with Gasteiger partial charge < -0.3 is 10.2 Å². The molecule has 0 aliphatic heterocycles. The molecule has 1 atom stereocenters. The molecule has 0 saturated heterocycles. The molecule has 0 radical (unpaired) electrons. The predicted octanol–water partition coefficient (Wildman–Crippen LogP) is 2.11. The molecule has 0 fully saturated rings. The Kier molecular flexibility index (Phi) is 5.07. The molecule has 0 aliphatic carbocycles. The summed E-state index contributed by atoms with van der Waals surface area (Å²) in [4.78, 5) is 0. The Balaban J connectivity index is 2.82. The number of aliphatic hydroxyl groups is 2. The first kappa shape index (κ1) is 14.1. The summed E-state index contributed by atoms with van der Waals surface area (Å²) in [5.74, 6) is 4.26. The minimum absolute atomic E-state index is 0.252. The zero-order chi connectivity index (χ0) is 12.9. The molecule has 1 aromatic carbocycles. The van der Waals surface area contributed by atoms with Crippen LogP contribution in [0.1, 0.15) is 24.2 Å². The SMILES string of the molecule is CCS(C)(C)C#Cc1ccc([C@H](O)CO)cc1. The highest BCUT2D eigenvalue weighted by Crippen LogP contribution is 2.37. The molecule has 0 spiro atoms. The Bertz CT molecular complexity index is 412. The average molecular weight is 252 g/mol. The van der Waals surface area contributed by atoms with Crippen molar-refractivity contribution in [3.63, 3.8) is 0 Å². The summed E-state index contributed by atoms with van der Waals surface area (Å²) in [6.07, 6.45) is 3.60. The lowest BCUT2D eigenvalue weighted by Crippen LogP contribution is -2.01. The molecule has 0 aromatic heterocycles. The van der Waals surface area contributed by atoms with Gasteiger partial charge in [-0.2, -0.15) is 10.0 Å². The third-order valence-electron chi connectivity index (χ3n) is 2.66. The second-order valence-corrected chi connectivity index (χ2v) is 8.23. The van der Waals surface area contributed by atoms with Crippen LogP contribution in [0, 0.1) is 11.2 Å². The number of rotatable bonds is 3. The zero-order valence-electron chi connectivity index (χ0n) is 10.6. The number of hydrogen-bond donors (Lipinski definition) is 2. The lowest BCUT2D eigenvalue weighted by atomic mass is 10.1. The first-order valence-corrected chi connectivity index (χ1v) is 8.23. The highest BCUT2D eigenvalue weighted by Gasteiger charge is 2.05. The molecule has 0 heterocycles. The van der Waals surface area contributed by atoms with Crippen LogP contribution >= 0.6 is 10.0 Å². The van der Waals surface area contributed by atoms with Gasteiger partial charge in [-0.15, -0.1) is 0 Å². The topological polar surface area (TPSA) is 40.5 Å². The number of aliphatic hydroxyl groups excluding tert-OH is 2. The van der Waals surface area contributed by atoms with E-state index < -0.39 is 16.1 Å². The zero-order valence-corrected chi connectivity index (χ0v) is 11.4. The van der Waals surface area contributed by atoms with E-state index in [0.717, 1.165) is 16.9 Å². The smallest absolute Gasteiger partial charge is 0.102 e. The van der Waals surface area contributed by atoms with Crippen LogP contribution in [0.3, 0.4) is 0 Å². The lowest BCUT2D eigenvalue weighted by Gasteiger charge is -2.20. The second-order valence-electron chi connectivity index (χ2n) is 4.37. The van der Waals surface area contributed by atoms with Crippen molar-refractivity contribution in [2.45, 2.75) is 13.0 Å². The van der Waals surface area contributed by atoms with Crippen molar-refractivity contribution in [3.05, 3.63) is 35.4 Å². The Hall–Kier alpha value is -0.950. The monoisotopic (exact) mass is 252 g/mol. The molecule has 3 heteroatoms. The summed E-state index contributed by atoms with van der Waals surface area (Å²) in [6.45, 7) is 1.91. The quantitative estimate of drug-likeness (QED) is 0.809. The molecular formula is C14H20O2S. The van der Waals surface area contributed by atoms with E-state index in [1.54, 1.807) is 12.1 Å². The van der Waals surface area contributed by atoms with Gasteiger partial charge in [0.05, 0.1) is 6.61 Å². The minimum Gasteiger partial charge on any atom is -0.393 e. The average Bonchev–Trinajstić information content (AvgIpc) is 2.36.